The minimum atomic E-state index is -0.519. The molecular formula is C14H24N4O2. The minimum absolute atomic E-state index is 0.211. The second kappa shape index (κ2) is 8.47. The molecule has 0 aliphatic carbocycles. The van der Waals surface area contributed by atoms with Gasteiger partial charge in [-0.25, -0.2) is 14.8 Å². The van der Waals surface area contributed by atoms with E-state index in [-0.39, 0.29) is 18.5 Å². The number of urea groups is 1. The number of hydrogen-bond donors (Lipinski definition) is 3. The maximum absolute atomic E-state index is 11.7. The van der Waals surface area contributed by atoms with Gasteiger partial charge < -0.3 is 15.7 Å². The number of nitrogens with zero attached hydrogens (tertiary/aromatic N) is 2. The van der Waals surface area contributed by atoms with Crippen LogP contribution >= 0.6 is 0 Å². The molecule has 1 heterocycles. The van der Waals surface area contributed by atoms with Gasteiger partial charge >= 0.3 is 6.03 Å². The Morgan fingerprint density at radius 3 is 2.35 bits per heavy atom. The lowest BCUT2D eigenvalue weighted by Crippen LogP contribution is -2.38. The summed E-state index contributed by atoms with van der Waals surface area (Å²) in [6.45, 7) is 6.27. The van der Waals surface area contributed by atoms with Crippen LogP contribution in [0, 0.1) is 5.92 Å². The molecule has 2 amide bonds. The lowest BCUT2D eigenvalue weighted by molar-refractivity contribution is 0.104. The van der Waals surface area contributed by atoms with Crippen molar-refractivity contribution in [2.45, 2.75) is 46.1 Å². The van der Waals surface area contributed by atoms with E-state index in [1.54, 1.807) is 12.4 Å². The van der Waals surface area contributed by atoms with Crippen LogP contribution < -0.4 is 10.6 Å². The molecule has 6 heteroatoms. The third-order valence-electron chi connectivity index (χ3n) is 3.34. The van der Waals surface area contributed by atoms with Crippen LogP contribution in [0.15, 0.2) is 12.4 Å². The van der Waals surface area contributed by atoms with E-state index < -0.39 is 6.10 Å². The first kappa shape index (κ1) is 16.4. The minimum Gasteiger partial charge on any atom is -0.391 e. The number of rotatable bonds is 7. The quantitative estimate of drug-likeness (QED) is 0.712. The van der Waals surface area contributed by atoms with Crippen LogP contribution in [0.25, 0.3) is 0 Å². The third kappa shape index (κ3) is 5.13. The number of carbonyl (C=O) groups excluding carboxylic acids is 1. The summed E-state index contributed by atoms with van der Waals surface area (Å²) in [5, 5.41) is 15.2. The van der Waals surface area contributed by atoms with Crippen molar-refractivity contribution in [3.8, 4) is 0 Å². The maximum Gasteiger partial charge on any atom is 0.319 e. The average molecular weight is 280 g/mol. The summed E-state index contributed by atoms with van der Waals surface area (Å²) >= 11 is 0. The summed E-state index contributed by atoms with van der Waals surface area (Å²) in [4.78, 5) is 19.9. The highest BCUT2D eigenvalue weighted by Crippen LogP contribution is 2.12. The van der Waals surface area contributed by atoms with Gasteiger partial charge in [0.1, 0.15) is 5.82 Å². The van der Waals surface area contributed by atoms with Gasteiger partial charge in [0, 0.05) is 13.0 Å². The summed E-state index contributed by atoms with van der Waals surface area (Å²) in [5.41, 5.74) is 0.539. The maximum atomic E-state index is 11.7. The Hall–Kier alpha value is -1.69. The Morgan fingerprint density at radius 2 is 1.85 bits per heavy atom. The van der Waals surface area contributed by atoms with Crippen molar-refractivity contribution >= 4 is 11.7 Å². The van der Waals surface area contributed by atoms with Crippen LogP contribution in [0.2, 0.25) is 0 Å². The van der Waals surface area contributed by atoms with Crippen LogP contribution in [0.1, 0.15) is 39.4 Å². The summed E-state index contributed by atoms with van der Waals surface area (Å²) in [6, 6.07) is -0.358. The van der Waals surface area contributed by atoms with Crippen LogP contribution in [0.5, 0.6) is 0 Å². The molecule has 1 rings (SSSR count). The molecular weight excluding hydrogens is 256 g/mol. The Morgan fingerprint density at radius 1 is 1.25 bits per heavy atom. The molecule has 0 aliphatic heterocycles. The van der Waals surface area contributed by atoms with Crippen molar-refractivity contribution in [2.75, 3.05) is 11.9 Å². The molecule has 0 radical (unpaired) electrons. The molecule has 0 spiro atoms. The number of hydrogen-bond acceptors (Lipinski definition) is 4. The van der Waals surface area contributed by atoms with Gasteiger partial charge in [0.05, 0.1) is 24.2 Å². The predicted molar refractivity (Wildman–Crippen MR) is 78.5 cm³/mol. The molecule has 0 aromatic carbocycles. The lowest BCUT2D eigenvalue weighted by Gasteiger charge is -2.20. The van der Waals surface area contributed by atoms with Crippen molar-refractivity contribution in [1.29, 1.82) is 0 Å². The van der Waals surface area contributed by atoms with Gasteiger partial charge in [0.15, 0.2) is 0 Å². The molecule has 1 atom stereocenters. The molecule has 112 valence electrons. The van der Waals surface area contributed by atoms with E-state index in [0.29, 0.717) is 5.69 Å². The first-order chi connectivity index (χ1) is 9.60. The van der Waals surface area contributed by atoms with Crippen molar-refractivity contribution in [2.24, 2.45) is 5.92 Å². The molecule has 20 heavy (non-hydrogen) atoms. The standard InChI is InChI=1S/C14H24N4O2/c1-4-10(5-2)12(19)9-17-14(20)18-11-7-15-13(6-3)16-8-11/h7-8,10,12,19H,4-6,9H2,1-3H3,(H2,17,18,20). The van der Waals surface area contributed by atoms with Crippen molar-refractivity contribution < 1.29 is 9.90 Å². The van der Waals surface area contributed by atoms with E-state index in [1.165, 1.54) is 0 Å². The highest BCUT2D eigenvalue weighted by Gasteiger charge is 2.16. The fourth-order valence-corrected chi connectivity index (χ4v) is 1.97. The highest BCUT2D eigenvalue weighted by molar-refractivity contribution is 5.88. The van der Waals surface area contributed by atoms with Gasteiger partial charge in [-0.2, -0.15) is 0 Å². The van der Waals surface area contributed by atoms with Gasteiger partial charge in [0.2, 0.25) is 0 Å². The number of aryl methyl sites for hydroxylation is 1. The molecule has 0 bridgehead atoms. The summed E-state index contributed by atoms with van der Waals surface area (Å²) in [6.07, 6.45) is 5.18. The van der Waals surface area contributed by atoms with E-state index in [9.17, 15) is 9.90 Å². The van der Waals surface area contributed by atoms with E-state index >= 15 is 0 Å². The van der Waals surface area contributed by atoms with Crippen molar-refractivity contribution in [3.63, 3.8) is 0 Å². The van der Waals surface area contributed by atoms with Crippen LogP contribution in [0.3, 0.4) is 0 Å². The normalized spacial score (nSPS) is 12.2. The largest absolute Gasteiger partial charge is 0.391 e. The number of aliphatic hydroxyl groups is 1. The summed E-state index contributed by atoms with van der Waals surface area (Å²) in [7, 11) is 0. The van der Waals surface area contributed by atoms with E-state index in [4.69, 9.17) is 0 Å². The van der Waals surface area contributed by atoms with Gasteiger partial charge in [0.25, 0.3) is 0 Å². The van der Waals surface area contributed by atoms with Crippen LogP contribution in [-0.4, -0.2) is 33.8 Å². The first-order valence-corrected chi connectivity index (χ1v) is 7.14. The molecule has 0 fully saturated rings. The summed E-state index contributed by atoms with van der Waals surface area (Å²) < 4.78 is 0. The second-order valence-electron chi connectivity index (χ2n) is 4.72. The molecule has 1 aromatic heterocycles. The smallest absolute Gasteiger partial charge is 0.319 e. The fraction of sp³-hybridized carbons (Fsp3) is 0.643. The number of nitrogens with one attached hydrogen (secondary N) is 2. The van der Waals surface area contributed by atoms with Gasteiger partial charge in [-0.3, -0.25) is 0 Å². The Balaban J connectivity index is 2.39. The van der Waals surface area contributed by atoms with Gasteiger partial charge in [-0.05, 0) is 5.92 Å². The van der Waals surface area contributed by atoms with E-state index in [1.807, 2.05) is 20.8 Å². The fourth-order valence-electron chi connectivity index (χ4n) is 1.97. The van der Waals surface area contributed by atoms with E-state index in [2.05, 4.69) is 20.6 Å². The Kier molecular flexibility index (Phi) is 6.93. The summed E-state index contributed by atoms with van der Waals surface area (Å²) in [5.74, 6) is 0.947. The average Bonchev–Trinajstić information content (AvgIpc) is 2.47. The van der Waals surface area contributed by atoms with Crippen LogP contribution in [-0.2, 0) is 6.42 Å². The monoisotopic (exact) mass is 280 g/mol. The zero-order valence-electron chi connectivity index (χ0n) is 12.4. The number of carbonyl (C=O) groups is 1. The molecule has 1 unspecified atom stereocenters. The zero-order chi connectivity index (χ0) is 15.0. The predicted octanol–water partition coefficient (Wildman–Crippen LogP) is 1.96. The highest BCUT2D eigenvalue weighted by atomic mass is 16.3. The zero-order valence-corrected chi connectivity index (χ0v) is 12.4. The number of amides is 2. The SMILES string of the molecule is CCc1ncc(NC(=O)NCC(O)C(CC)CC)cn1. The molecule has 0 saturated heterocycles. The number of anilines is 1. The lowest BCUT2D eigenvalue weighted by atomic mass is 9.97. The molecule has 0 aliphatic rings. The molecule has 1 aromatic rings. The number of aromatic nitrogens is 2. The third-order valence-corrected chi connectivity index (χ3v) is 3.34. The van der Waals surface area contributed by atoms with Gasteiger partial charge in [-0.1, -0.05) is 33.6 Å². The topological polar surface area (TPSA) is 87.1 Å². The first-order valence-electron chi connectivity index (χ1n) is 7.14. The van der Waals surface area contributed by atoms with Crippen molar-refractivity contribution in [3.05, 3.63) is 18.2 Å². The van der Waals surface area contributed by atoms with Gasteiger partial charge in [-0.15, -0.1) is 0 Å². The van der Waals surface area contributed by atoms with E-state index in [0.717, 1.165) is 25.1 Å². The Labute approximate surface area is 120 Å². The van der Waals surface area contributed by atoms with Crippen molar-refractivity contribution in [1.82, 2.24) is 15.3 Å². The second-order valence-corrected chi connectivity index (χ2v) is 4.72. The Bertz CT molecular complexity index is 404. The molecule has 6 nitrogen and oxygen atoms in total. The number of aliphatic hydroxyl groups excluding tert-OH is 1. The molecule has 3 N–H and O–H groups in total. The molecule has 0 saturated carbocycles. The van der Waals surface area contributed by atoms with Crippen LogP contribution in [0.4, 0.5) is 10.5 Å².